The van der Waals surface area contributed by atoms with Crippen LogP contribution in [-0.2, 0) is 14.3 Å². The van der Waals surface area contributed by atoms with Gasteiger partial charge in [-0.3, -0.25) is 14.5 Å². The summed E-state index contributed by atoms with van der Waals surface area (Å²) in [6, 6.07) is 0. The summed E-state index contributed by atoms with van der Waals surface area (Å²) in [5, 5.41) is 8.76. The Bertz CT molecular complexity index is 489. The summed E-state index contributed by atoms with van der Waals surface area (Å²) in [6.07, 6.45) is 16.8. The molecule has 0 saturated carbocycles. The number of imide groups is 1. The Balaban J connectivity index is 2.54. The van der Waals surface area contributed by atoms with Gasteiger partial charge < -0.3 is 9.84 Å². The van der Waals surface area contributed by atoms with Crippen LogP contribution in [0, 0.1) is 5.92 Å². The van der Waals surface area contributed by atoms with Crippen molar-refractivity contribution in [2.24, 2.45) is 5.92 Å². The van der Waals surface area contributed by atoms with E-state index in [0.717, 1.165) is 19.3 Å². The fraction of sp³-hybridized carbons (Fsp3) is 0.833. The second-order valence-corrected chi connectivity index (χ2v) is 8.20. The van der Waals surface area contributed by atoms with E-state index in [1.807, 2.05) is 0 Å². The van der Waals surface area contributed by atoms with Gasteiger partial charge >= 0.3 is 0 Å². The summed E-state index contributed by atoms with van der Waals surface area (Å²) >= 11 is 0. The zero-order chi connectivity index (χ0) is 21.3. The van der Waals surface area contributed by atoms with E-state index >= 15 is 0 Å². The van der Waals surface area contributed by atoms with Crippen LogP contribution < -0.4 is 0 Å². The molecule has 0 spiro atoms. The van der Waals surface area contributed by atoms with E-state index in [1.54, 1.807) is 0 Å². The lowest BCUT2D eigenvalue weighted by molar-refractivity contribution is -0.140. The number of ether oxygens (including phenoxy) is 1. The predicted molar refractivity (Wildman–Crippen MR) is 118 cm³/mol. The summed E-state index contributed by atoms with van der Waals surface area (Å²) in [5.74, 6) is -0.347. The molecule has 1 atom stereocenters. The lowest BCUT2D eigenvalue weighted by atomic mass is 9.93. The standard InChI is InChI=1S/C24H43NO4/c1-3-5-7-9-10-12-14-21(13-11-8-6-4-2)19-22-20-23(27)25(24(22)28)15-17-29-18-16-26/h14,22,26H,3-13,15-20H2,1-2H3/b21-14+. The van der Waals surface area contributed by atoms with Crippen LogP contribution in [0.5, 0.6) is 0 Å². The highest BCUT2D eigenvalue weighted by Gasteiger charge is 2.38. The largest absolute Gasteiger partial charge is 0.394 e. The third kappa shape index (κ3) is 10.9. The molecule has 2 amide bonds. The number of amides is 2. The van der Waals surface area contributed by atoms with Gasteiger partial charge in [0.2, 0.25) is 11.8 Å². The van der Waals surface area contributed by atoms with Crippen molar-refractivity contribution in [3.63, 3.8) is 0 Å². The van der Waals surface area contributed by atoms with Crippen molar-refractivity contribution in [3.8, 4) is 0 Å². The molecule has 0 aromatic heterocycles. The van der Waals surface area contributed by atoms with E-state index in [-0.39, 0.29) is 30.9 Å². The van der Waals surface area contributed by atoms with Gasteiger partial charge in [-0.05, 0) is 32.1 Å². The molecular weight excluding hydrogens is 366 g/mol. The van der Waals surface area contributed by atoms with Gasteiger partial charge in [-0.25, -0.2) is 0 Å². The highest BCUT2D eigenvalue weighted by Crippen LogP contribution is 2.28. The monoisotopic (exact) mass is 409 g/mol. The zero-order valence-electron chi connectivity index (χ0n) is 18.8. The first-order valence-electron chi connectivity index (χ1n) is 11.8. The van der Waals surface area contributed by atoms with Crippen LogP contribution in [0.4, 0.5) is 0 Å². The molecule has 0 aliphatic carbocycles. The minimum absolute atomic E-state index is 0.0465. The molecule has 1 heterocycles. The van der Waals surface area contributed by atoms with Gasteiger partial charge in [0, 0.05) is 6.42 Å². The third-order valence-corrected chi connectivity index (χ3v) is 5.63. The number of aliphatic hydroxyl groups excluding tert-OH is 1. The maximum atomic E-state index is 12.7. The number of hydrogen-bond acceptors (Lipinski definition) is 4. The Labute approximate surface area is 177 Å². The van der Waals surface area contributed by atoms with Gasteiger partial charge in [0.1, 0.15) is 0 Å². The van der Waals surface area contributed by atoms with Crippen LogP contribution in [0.3, 0.4) is 0 Å². The minimum atomic E-state index is -0.210. The normalized spacial score (nSPS) is 17.6. The van der Waals surface area contributed by atoms with Crippen molar-refractivity contribution in [2.75, 3.05) is 26.4 Å². The average Bonchev–Trinajstić information content (AvgIpc) is 2.97. The maximum Gasteiger partial charge on any atom is 0.233 e. The van der Waals surface area contributed by atoms with Crippen molar-refractivity contribution >= 4 is 11.8 Å². The van der Waals surface area contributed by atoms with Gasteiger partial charge in [-0.15, -0.1) is 0 Å². The summed E-state index contributed by atoms with van der Waals surface area (Å²) in [6.45, 7) is 5.23. The second kappa shape index (κ2) is 16.6. The fourth-order valence-corrected chi connectivity index (χ4v) is 3.91. The molecule has 5 heteroatoms. The van der Waals surface area contributed by atoms with E-state index in [2.05, 4.69) is 19.9 Å². The van der Waals surface area contributed by atoms with Crippen molar-refractivity contribution in [1.29, 1.82) is 0 Å². The molecule has 0 aromatic rings. The predicted octanol–water partition coefficient (Wildman–Crippen LogP) is 5.02. The molecule has 1 rings (SSSR count). The second-order valence-electron chi connectivity index (χ2n) is 8.20. The highest BCUT2D eigenvalue weighted by atomic mass is 16.5. The van der Waals surface area contributed by atoms with Crippen LogP contribution in [0.25, 0.3) is 0 Å². The Morgan fingerprint density at radius 1 is 1.03 bits per heavy atom. The number of allylic oxidation sites excluding steroid dienone is 2. The van der Waals surface area contributed by atoms with Crippen molar-refractivity contribution in [2.45, 2.75) is 97.3 Å². The van der Waals surface area contributed by atoms with Crippen LogP contribution >= 0.6 is 0 Å². The molecule has 1 fully saturated rings. The van der Waals surface area contributed by atoms with Crippen LogP contribution in [0.2, 0.25) is 0 Å². The minimum Gasteiger partial charge on any atom is -0.394 e. The number of rotatable bonds is 18. The van der Waals surface area contributed by atoms with E-state index < -0.39 is 0 Å². The summed E-state index contributed by atoms with van der Waals surface area (Å²) < 4.78 is 5.22. The molecule has 1 saturated heterocycles. The van der Waals surface area contributed by atoms with E-state index in [1.165, 1.54) is 68.3 Å². The van der Waals surface area contributed by atoms with E-state index in [0.29, 0.717) is 19.6 Å². The summed E-state index contributed by atoms with van der Waals surface area (Å²) in [5.41, 5.74) is 1.36. The molecule has 5 nitrogen and oxygen atoms in total. The Hall–Kier alpha value is -1.20. The molecule has 0 bridgehead atoms. The van der Waals surface area contributed by atoms with E-state index in [9.17, 15) is 9.59 Å². The molecule has 1 N–H and O–H groups in total. The molecular formula is C24H43NO4. The number of likely N-dealkylation sites (tertiary alicyclic amines) is 1. The van der Waals surface area contributed by atoms with Gasteiger partial charge in [-0.2, -0.15) is 0 Å². The maximum absolute atomic E-state index is 12.7. The van der Waals surface area contributed by atoms with Gasteiger partial charge in [0.25, 0.3) is 0 Å². The zero-order valence-corrected chi connectivity index (χ0v) is 18.8. The molecule has 1 aliphatic rings. The molecule has 168 valence electrons. The molecule has 1 unspecified atom stereocenters. The third-order valence-electron chi connectivity index (χ3n) is 5.63. The Kier molecular flexibility index (Phi) is 14.8. The number of nitrogens with zero attached hydrogens (tertiary/aromatic N) is 1. The average molecular weight is 410 g/mol. The summed E-state index contributed by atoms with van der Waals surface area (Å²) in [4.78, 5) is 26.3. The van der Waals surface area contributed by atoms with E-state index in [4.69, 9.17) is 9.84 Å². The molecule has 0 radical (unpaired) electrons. The topological polar surface area (TPSA) is 66.8 Å². The first-order chi connectivity index (χ1) is 14.1. The van der Waals surface area contributed by atoms with Crippen LogP contribution in [0.15, 0.2) is 11.6 Å². The fourth-order valence-electron chi connectivity index (χ4n) is 3.91. The lowest BCUT2D eigenvalue weighted by Crippen LogP contribution is -2.34. The first kappa shape index (κ1) is 25.8. The van der Waals surface area contributed by atoms with Crippen molar-refractivity contribution in [3.05, 3.63) is 11.6 Å². The van der Waals surface area contributed by atoms with Crippen LogP contribution in [0.1, 0.15) is 97.3 Å². The highest BCUT2D eigenvalue weighted by molar-refractivity contribution is 6.03. The summed E-state index contributed by atoms with van der Waals surface area (Å²) in [7, 11) is 0. The Morgan fingerprint density at radius 2 is 1.72 bits per heavy atom. The van der Waals surface area contributed by atoms with Gasteiger partial charge in [0.15, 0.2) is 0 Å². The first-order valence-corrected chi connectivity index (χ1v) is 11.8. The quantitative estimate of drug-likeness (QED) is 0.196. The number of carbonyl (C=O) groups excluding carboxylic acids is 2. The SMILES string of the molecule is CCCCCCC/C=C(\CCCCCC)CC1CC(=O)N(CCOCCO)C1=O. The van der Waals surface area contributed by atoms with Crippen molar-refractivity contribution < 1.29 is 19.4 Å². The molecule has 29 heavy (non-hydrogen) atoms. The van der Waals surface area contributed by atoms with Crippen LogP contribution in [-0.4, -0.2) is 48.2 Å². The van der Waals surface area contributed by atoms with Gasteiger partial charge in [0.05, 0.1) is 32.3 Å². The smallest absolute Gasteiger partial charge is 0.233 e. The number of carbonyl (C=O) groups is 2. The number of hydrogen-bond donors (Lipinski definition) is 1. The number of unbranched alkanes of at least 4 members (excludes halogenated alkanes) is 8. The molecule has 0 aromatic carbocycles. The lowest BCUT2D eigenvalue weighted by Gasteiger charge is -2.16. The number of aliphatic hydroxyl groups is 1. The molecule has 1 aliphatic heterocycles. The van der Waals surface area contributed by atoms with Gasteiger partial charge in [-0.1, -0.05) is 70.4 Å². The Morgan fingerprint density at radius 3 is 2.41 bits per heavy atom. The van der Waals surface area contributed by atoms with Crippen molar-refractivity contribution in [1.82, 2.24) is 4.90 Å².